The Morgan fingerprint density at radius 1 is 1.08 bits per heavy atom. The van der Waals surface area contributed by atoms with Crippen molar-refractivity contribution in [2.24, 2.45) is 5.92 Å². The Morgan fingerprint density at radius 2 is 1.88 bits per heavy atom. The number of hydrogen-bond acceptors (Lipinski definition) is 8. The van der Waals surface area contributed by atoms with Gasteiger partial charge in [0, 0.05) is 39.9 Å². The second kappa shape index (κ2) is 13.1. The number of benzene rings is 3. The Kier molecular flexibility index (Phi) is 8.99. The number of nitrogens with zero attached hydrogens (tertiary/aromatic N) is 5. The first-order chi connectivity index (χ1) is 23.5. The third-order valence-corrected chi connectivity index (χ3v) is 13.2. The van der Waals surface area contributed by atoms with Gasteiger partial charge in [0.25, 0.3) is 5.91 Å². The van der Waals surface area contributed by atoms with Gasteiger partial charge in [-0.15, -0.1) is 5.10 Å². The molecule has 0 saturated carbocycles. The van der Waals surface area contributed by atoms with Crippen molar-refractivity contribution in [3.63, 3.8) is 0 Å². The SMILES string of the molecule is C[C@@H]1[C@@H]([Si](C)(C)O)[C@H](CCn2cc(C(CO)c3ccccc3)nn2)O[C@@]12C(=O)N(Cc1cccc(N3CCOC3=O)c1)c1ccc(Br)cc12. The molecule has 2 amide bonds. The van der Waals surface area contributed by atoms with Crippen LogP contribution in [0, 0.1) is 5.92 Å². The first kappa shape index (κ1) is 33.6. The second-order valence-electron chi connectivity index (χ2n) is 13.7. The second-order valence-corrected chi connectivity index (χ2v) is 18.6. The van der Waals surface area contributed by atoms with Crippen LogP contribution in [-0.4, -0.2) is 71.1 Å². The quantitative estimate of drug-likeness (QED) is 0.202. The van der Waals surface area contributed by atoms with E-state index in [4.69, 9.17) is 9.47 Å². The normalized spacial score (nSPS) is 24.2. The maximum absolute atomic E-state index is 14.8. The van der Waals surface area contributed by atoms with E-state index in [1.165, 1.54) is 0 Å². The molecule has 1 aromatic heterocycles. The van der Waals surface area contributed by atoms with Crippen LogP contribution in [0.25, 0.3) is 0 Å². The molecule has 49 heavy (non-hydrogen) atoms. The standard InChI is InChI=1S/C36H40BrN5O6Si/c1-23-33(49(2,3)46)32(14-15-40-21-30(38-39-40)28(22-43)25-9-5-4-6-10-25)48-36(23)29-19-26(37)12-13-31(29)42(34(36)44)20-24-8-7-11-27(18-24)41-16-17-47-35(41)45/h4-13,18-19,21,23,28,32-33,43,46H,14-17,20,22H2,1-3H3/t23-,28?,32+,33-,36+/m1/s1. The third-order valence-electron chi connectivity index (χ3n) is 10.2. The van der Waals surface area contributed by atoms with Crippen molar-refractivity contribution < 1.29 is 29.0 Å². The minimum absolute atomic E-state index is 0.0937. The average Bonchev–Trinajstić information content (AvgIpc) is 3.84. The Labute approximate surface area is 294 Å². The molecule has 4 heterocycles. The van der Waals surface area contributed by atoms with Crippen LogP contribution in [0.4, 0.5) is 16.2 Å². The fourth-order valence-corrected chi connectivity index (χ4v) is 11.0. The smallest absolute Gasteiger partial charge is 0.414 e. The highest BCUT2D eigenvalue weighted by Crippen LogP contribution is 2.60. The Hall–Kier alpha value is -3.88. The zero-order valence-corrected chi connectivity index (χ0v) is 30.3. The van der Waals surface area contributed by atoms with Gasteiger partial charge in [-0.1, -0.05) is 70.5 Å². The molecule has 11 nitrogen and oxygen atoms in total. The molecule has 0 radical (unpaired) electrons. The molecule has 0 bridgehead atoms. The third kappa shape index (κ3) is 6.01. The van der Waals surface area contributed by atoms with Crippen molar-refractivity contribution in [1.29, 1.82) is 0 Å². The summed E-state index contributed by atoms with van der Waals surface area (Å²) in [7, 11) is -2.87. The van der Waals surface area contributed by atoms with Gasteiger partial charge < -0.3 is 24.3 Å². The number of ether oxygens (including phenoxy) is 2. The number of hydrogen-bond donors (Lipinski definition) is 2. The lowest BCUT2D eigenvalue weighted by molar-refractivity contribution is -0.146. The van der Waals surface area contributed by atoms with E-state index < -0.39 is 20.0 Å². The molecule has 5 atom stereocenters. The molecule has 13 heteroatoms. The number of carbonyl (C=O) groups excluding carboxylic acids is 2. The molecular formula is C36H40BrN5O6Si. The summed E-state index contributed by atoms with van der Waals surface area (Å²) < 4.78 is 14.7. The molecule has 2 saturated heterocycles. The molecule has 3 aliphatic heterocycles. The van der Waals surface area contributed by atoms with Crippen LogP contribution in [0.5, 0.6) is 0 Å². The van der Waals surface area contributed by atoms with E-state index in [1.807, 2.05) is 99.0 Å². The number of rotatable bonds is 10. The summed E-state index contributed by atoms with van der Waals surface area (Å²) >= 11 is 3.63. The van der Waals surface area contributed by atoms with Gasteiger partial charge in [0.15, 0.2) is 13.9 Å². The summed E-state index contributed by atoms with van der Waals surface area (Å²) in [5, 5.41) is 18.9. The number of fused-ring (bicyclic) bond motifs is 2. The van der Waals surface area contributed by atoms with Crippen LogP contribution in [0.2, 0.25) is 18.6 Å². The van der Waals surface area contributed by atoms with Crippen molar-refractivity contribution in [3.8, 4) is 0 Å². The number of cyclic esters (lactones) is 1. The summed E-state index contributed by atoms with van der Waals surface area (Å²) in [5.74, 6) is -0.774. The van der Waals surface area contributed by atoms with E-state index in [2.05, 4.69) is 26.2 Å². The monoisotopic (exact) mass is 745 g/mol. The predicted molar refractivity (Wildman–Crippen MR) is 190 cm³/mol. The lowest BCUT2D eigenvalue weighted by Crippen LogP contribution is -2.46. The molecule has 2 fully saturated rings. The molecule has 0 aliphatic carbocycles. The minimum atomic E-state index is -2.87. The van der Waals surface area contributed by atoms with Gasteiger partial charge in [0.2, 0.25) is 0 Å². The van der Waals surface area contributed by atoms with Gasteiger partial charge in [-0.3, -0.25) is 14.4 Å². The largest absolute Gasteiger partial charge is 0.447 e. The van der Waals surface area contributed by atoms with Gasteiger partial charge in [-0.05, 0) is 61.0 Å². The van der Waals surface area contributed by atoms with Crippen LogP contribution in [0.1, 0.15) is 41.6 Å². The fraction of sp³-hybridized carbons (Fsp3) is 0.389. The number of aliphatic hydroxyl groups is 1. The van der Waals surface area contributed by atoms with Gasteiger partial charge in [-0.2, -0.15) is 0 Å². The van der Waals surface area contributed by atoms with Crippen molar-refractivity contribution in [1.82, 2.24) is 15.0 Å². The maximum atomic E-state index is 14.8. The number of anilines is 2. The first-order valence-electron chi connectivity index (χ1n) is 16.6. The average molecular weight is 747 g/mol. The summed E-state index contributed by atoms with van der Waals surface area (Å²) in [4.78, 5) is 42.1. The highest BCUT2D eigenvalue weighted by molar-refractivity contribution is 9.10. The number of aromatic nitrogens is 3. The zero-order chi connectivity index (χ0) is 34.5. The molecule has 3 aliphatic rings. The predicted octanol–water partition coefficient (Wildman–Crippen LogP) is 5.56. The van der Waals surface area contributed by atoms with Crippen molar-refractivity contribution >= 4 is 47.6 Å². The number of amides is 2. The molecule has 1 unspecified atom stereocenters. The lowest BCUT2D eigenvalue weighted by atomic mass is 9.82. The topological polar surface area (TPSA) is 130 Å². The highest BCUT2D eigenvalue weighted by Gasteiger charge is 2.66. The highest BCUT2D eigenvalue weighted by atomic mass is 79.9. The van der Waals surface area contributed by atoms with Crippen LogP contribution in [0.15, 0.2) is 83.5 Å². The van der Waals surface area contributed by atoms with Gasteiger partial charge in [-0.25, -0.2) is 4.79 Å². The van der Waals surface area contributed by atoms with E-state index in [1.54, 1.807) is 14.5 Å². The molecule has 256 valence electrons. The van der Waals surface area contributed by atoms with Crippen molar-refractivity contribution in [2.75, 3.05) is 29.6 Å². The van der Waals surface area contributed by atoms with Gasteiger partial charge >= 0.3 is 6.09 Å². The summed E-state index contributed by atoms with van der Waals surface area (Å²) in [5.41, 5.74) is 3.23. The lowest BCUT2D eigenvalue weighted by Gasteiger charge is -2.32. The Balaban J connectivity index is 1.17. The summed E-state index contributed by atoms with van der Waals surface area (Å²) in [6.07, 6.45) is 1.56. The molecule has 4 aromatic rings. The molecule has 1 spiro atoms. The van der Waals surface area contributed by atoms with E-state index in [9.17, 15) is 19.5 Å². The molecule has 7 rings (SSSR count). The first-order valence-corrected chi connectivity index (χ1v) is 20.4. The molecule has 3 aromatic carbocycles. The van der Waals surface area contributed by atoms with Gasteiger partial charge in [0.1, 0.15) is 6.61 Å². The molecule has 2 N–H and O–H groups in total. The van der Waals surface area contributed by atoms with E-state index in [0.29, 0.717) is 31.8 Å². The minimum Gasteiger partial charge on any atom is -0.447 e. The maximum Gasteiger partial charge on any atom is 0.414 e. The molecular weight excluding hydrogens is 706 g/mol. The number of aryl methyl sites for hydroxylation is 1. The van der Waals surface area contributed by atoms with Crippen molar-refractivity contribution in [3.05, 3.63) is 106 Å². The van der Waals surface area contributed by atoms with Crippen LogP contribution >= 0.6 is 15.9 Å². The Bertz CT molecular complexity index is 1870. The number of aliphatic hydroxyl groups excluding tert-OH is 1. The van der Waals surface area contributed by atoms with Crippen LogP contribution in [0.3, 0.4) is 0 Å². The van der Waals surface area contributed by atoms with E-state index in [0.717, 1.165) is 32.5 Å². The van der Waals surface area contributed by atoms with Gasteiger partial charge in [0.05, 0.1) is 43.1 Å². The van der Waals surface area contributed by atoms with Crippen LogP contribution < -0.4 is 9.80 Å². The van der Waals surface area contributed by atoms with Crippen LogP contribution in [-0.2, 0) is 33.0 Å². The summed E-state index contributed by atoms with van der Waals surface area (Å²) in [6, 6.07) is 23.2. The zero-order valence-electron chi connectivity index (χ0n) is 27.7. The number of halogens is 1. The Morgan fingerprint density at radius 3 is 2.59 bits per heavy atom. The summed E-state index contributed by atoms with van der Waals surface area (Å²) in [6.45, 7) is 7.33. The van der Waals surface area contributed by atoms with E-state index >= 15 is 0 Å². The van der Waals surface area contributed by atoms with E-state index in [-0.39, 0.29) is 42.5 Å². The number of carbonyl (C=O) groups is 2. The fourth-order valence-electron chi connectivity index (χ4n) is 8.01. The van der Waals surface area contributed by atoms with Crippen molar-refractivity contribution in [2.45, 2.75) is 62.7 Å².